The Morgan fingerprint density at radius 3 is 1.35 bits per heavy atom. The van der Waals surface area contributed by atoms with Gasteiger partial charge in [-0.25, -0.2) is 9.98 Å². The number of nitrogens with two attached hydrogens (primary N) is 2. The van der Waals surface area contributed by atoms with E-state index in [0.29, 0.717) is 35.7 Å². The van der Waals surface area contributed by atoms with Crippen molar-refractivity contribution in [3.05, 3.63) is 60.7 Å². The van der Waals surface area contributed by atoms with E-state index in [1.165, 1.54) is 0 Å². The zero-order chi connectivity index (χ0) is 22.4. The number of aliphatic imine (C=N–C) groups is 2. The van der Waals surface area contributed by atoms with Crippen LogP contribution in [0.2, 0.25) is 0 Å². The van der Waals surface area contributed by atoms with Crippen LogP contribution in [0, 0.1) is 0 Å². The van der Waals surface area contributed by atoms with Crippen LogP contribution in [0.5, 0.6) is 0 Å². The molecule has 0 saturated heterocycles. The van der Waals surface area contributed by atoms with Gasteiger partial charge >= 0.3 is 0 Å². The minimum atomic E-state index is -0.184. The van der Waals surface area contributed by atoms with E-state index in [-0.39, 0.29) is 23.2 Å². The highest BCUT2D eigenvalue weighted by Crippen LogP contribution is 2.30. The molecule has 3 aromatic rings. The van der Waals surface area contributed by atoms with Gasteiger partial charge in [0.2, 0.25) is 0 Å². The molecule has 0 aliphatic rings. The van der Waals surface area contributed by atoms with Crippen molar-refractivity contribution in [2.24, 2.45) is 21.5 Å². The molecule has 0 bridgehead atoms. The van der Waals surface area contributed by atoms with Crippen LogP contribution in [0.1, 0.15) is 26.7 Å². The largest absolute Gasteiger partial charge is 0.456 e. The maximum atomic E-state index is 11.6. The van der Waals surface area contributed by atoms with E-state index in [1.54, 1.807) is 38.1 Å². The van der Waals surface area contributed by atoms with Crippen molar-refractivity contribution in [2.45, 2.75) is 26.7 Å². The van der Waals surface area contributed by atoms with Gasteiger partial charge in [-0.3, -0.25) is 9.59 Å². The third-order valence-corrected chi connectivity index (χ3v) is 4.62. The Kier molecular flexibility index (Phi) is 6.77. The van der Waals surface area contributed by atoms with E-state index >= 15 is 0 Å². The van der Waals surface area contributed by atoms with Crippen LogP contribution in [0.4, 0.5) is 11.4 Å². The topological polar surface area (TPSA) is 124 Å². The van der Waals surface area contributed by atoms with Crippen molar-refractivity contribution in [3.63, 3.8) is 0 Å². The Labute approximate surface area is 180 Å². The molecule has 31 heavy (non-hydrogen) atoms. The second-order valence-electron chi connectivity index (χ2n) is 6.81. The molecule has 0 aliphatic heterocycles. The van der Waals surface area contributed by atoms with Gasteiger partial charge in [-0.1, -0.05) is 13.8 Å². The smallest absolute Gasteiger partial charge is 0.197 e. The fraction of sp³-hybridized carbons (Fsp3) is 0.167. The number of ketones is 2. The lowest BCUT2D eigenvalue weighted by Crippen LogP contribution is -2.22. The zero-order valence-corrected chi connectivity index (χ0v) is 17.5. The summed E-state index contributed by atoms with van der Waals surface area (Å²) in [6.45, 7) is 3.48. The molecule has 7 heteroatoms. The van der Waals surface area contributed by atoms with E-state index in [4.69, 9.17) is 15.9 Å². The van der Waals surface area contributed by atoms with Crippen molar-refractivity contribution in [1.82, 2.24) is 0 Å². The molecule has 0 saturated carbocycles. The van der Waals surface area contributed by atoms with Gasteiger partial charge in [-0.2, -0.15) is 0 Å². The van der Waals surface area contributed by atoms with Gasteiger partial charge in [0, 0.05) is 24.0 Å². The van der Waals surface area contributed by atoms with Crippen molar-refractivity contribution >= 4 is 34.6 Å². The number of hydrogen-bond acceptors (Lipinski definition) is 5. The van der Waals surface area contributed by atoms with Crippen LogP contribution in [-0.2, 0) is 9.59 Å². The second kappa shape index (κ2) is 9.67. The summed E-state index contributed by atoms with van der Waals surface area (Å²) in [7, 11) is 0. The molecule has 0 atom stereocenters. The second-order valence-corrected chi connectivity index (χ2v) is 6.81. The molecule has 4 N–H and O–H groups in total. The van der Waals surface area contributed by atoms with E-state index in [2.05, 4.69) is 9.98 Å². The Morgan fingerprint density at radius 2 is 1.03 bits per heavy atom. The molecular formula is C24H24N4O3. The lowest BCUT2D eigenvalue weighted by atomic mass is 10.1. The van der Waals surface area contributed by atoms with Gasteiger partial charge in [0.05, 0.1) is 11.4 Å². The molecule has 7 nitrogen and oxygen atoms in total. The standard InChI is InChI=1S/C24H24N4O3/c1-3-19(29)23(25)27-17-9-5-15(6-10-17)21-13-14-22(31-21)16-7-11-18(12-8-16)28-24(26)20(30)4-2/h5-14H,3-4H2,1-2H3,(H2,25,27)(H2,26,28). The van der Waals surface area contributed by atoms with Crippen molar-refractivity contribution < 1.29 is 14.0 Å². The molecule has 0 aliphatic carbocycles. The van der Waals surface area contributed by atoms with Crippen molar-refractivity contribution in [1.29, 1.82) is 0 Å². The summed E-state index contributed by atoms with van der Waals surface area (Å²) in [5.74, 6) is 1.03. The predicted octanol–water partition coefficient (Wildman–Crippen LogP) is 4.55. The highest BCUT2D eigenvalue weighted by atomic mass is 16.3. The van der Waals surface area contributed by atoms with Crippen LogP contribution in [0.25, 0.3) is 22.6 Å². The third-order valence-electron chi connectivity index (χ3n) is 4.62. The monoisotopic (exact) mass is 416 g/mol. The molecule has 1 heterocycles. The molecule has 0 amide bonds. The average Bonchev–Trinajstić information content (AvgIpc) is 3.29. The maximum absolute atomic E-state index is 11.6. The molecule has 0 radical (unpaired) electrons. The molecule has 0 spiro atoms. The molecular weight excluding hydrogens is 392 g/mol. The predicted molar refractivity (Wildman–Crippen MR) is 123 cm³/mol. The lowest BCUT2D eigenvalue weighted by Gasteiger charge is -2.02. The molecule has 2 aromatic carbocycles. The van der Waals surface area contributed by atoms with E-state index in [1.807, 2.05) is 36.4 Å². The van der Waals surface area contributed by atoms with Gasteiger partial charge in [-0.05, 0) is 60.7 Å². The molecule has 3 rings (SSSR count). The van der Waals surface area contributed by atoms with Crippen LogP contribution < -0.4 is 11.5 Å². The summed E-state index contributed by atoms with van der Waals surface area (Å²) in [5.41, 5.74) is 14.3. The summed E-state index contributed by atoms with van der Waals surface area (Å²) in [6.07, 6.45) is 0.639. The minimum Gasteiger partial charge on any atom is -0.456 e. The van der Waals surface area contributed by atoms with Crippen molar-refractivity contribution in [2.75, 3.05) is 0 Å². The minimum absolute atomic E-state index is 0.00383. The number of furan rings is 1. The summed E-state index contributed by atoms with van der Waals surface area (Å²) in [5, 5.41) is 0. The maximum Gasteiger partial charge on any atom is 0.197 e. The van der Waals surface area contributed by atoms with E-state index in [9.17, 15) is 9.59 Å². The van der Waals surface area contributed by atoms with E-state index in [0.717, 1.165) is 11.1 Å². The van der Waals surface area contributed by atoms with Crippen LogP contribution in [-0.4, -0.2) is 23.2 Å². The number of carbonyl (C=O) groups is 2. The number of hydrogen-bond donors (Lipinski definition) is 2. The summed E-state index contributed by atoms with van der Waals surface area (Å²) in [4.78, 5) is 31.4. The van der Waals surface area contributed by atoms with E-state index < -0.39 is 0 Å². The summed E-state index contributed by atoms with van der Waals surface area (Å²) >= 11 is 0. The first-order valence-electron chi connectivity index (χ1n) is 9.96. The van der Waals surface area contributed by atoms with Gasteiger partial charge in [0.25, 0.3) is 0 Å². The van der Waals surface area contributed by atoms with Crippen LogP contribution in [0.3, 0.4) is 0 Å². The average molecular weight is 416 g/mol. The third kappa shape index (κ3) is 5.33. The molecule has 158 valence electrons. The quantitative estimate of drug-likeness (QED) is 0.412. The fourth-order valence-corrected chi connectivity index (χ4v) is 2.81. The summed E-state index contributed by atoms with van der Waals surface area (Å²) < 4.78 is 5.98. The van der Waals surface area contributed by atoms with Gasteiger partial charge in [0.15, 0.2) is 23.2 Å². The van der Waals surface area contributed by atoms with Gasteiger partial charge in [-0.15, -0.1) is 0 Å². The van der Waals surface area contributed by atoms with Crippen LogP contribution in [0.15, 0.2) is 75.1 Å². The number of Topliss-reactive ketones (excluding diaryl/α,β-unsaturated/α-hetero) is 2. The molecule has 0 fully saturated rings. The van der Waals surface area contributed by atoms with Crippen molar-refractivity contribution in [3.8, 4) is 22.6 Å². The first-order chi connectivity index (χ1) is 14.9. The molecule has 0 unspecified atom stereocenters. The number of nitrogens with zero attached hydrogens (tertiary/aromatic N) is 2. The van der Waals surface area contributed by atoms with Gasteiger partial charge in [0.1, 0.15) is 11.5 Å². The Bertz CT molecular complexity index is 1050. The number of carbonyl (C=O) groups excluding carboxylic acids is 2. The Morgan fingerprint density at radius 1 is 0.677 bits per heavy atom. The first-order valence-corrected chi connectivity index (χ1v) is 9.96. The highest BCUT2D eigenvalue weighted by molar-refractivity contribution is 6.39. The van der Waals surface area contributed by atoms with Crippen LogP contribution >= 0.6 is 0 Å². The molecule has 1 aromatic heterocycles. The highest BCUT2D eigenvalue weighted by Gasteiger charge is 2.09. The SMILES string of the molecule is CCC(=O)C(N)=Nc1ccc(-c2ccc(-c3ccc(N=C(N)C(=O)CC)cc3)o2)cc1. The lowest BCUT2D eigenvalue weighted by molar-refractivity contribution is -0.113. The summed E-state index contributed by atoms with van der Waals surface area (Å²) in [6, 6.07) is 18.3. The normalized spacial score (nSPS) is 12.1. The Hall–Kier alpha value is -4.00. The first kappa shape index (κ1) is 21.7. The zero-order valence-electron chi connectivity index (χ0n) is 17.5. The number of benzene rings is 2. The fourth-order valence-electron chi connectivity index (χ4n) is 2.81. The number of amidine groups is 2. The number of rotatable bonds is 8. The van der Waals surface area contributed by atoms with Gasteiger partial charge < -0.3 is 15.9 Å². The Balaban J connectivity index is 1.76.